The van der Waals surface area contributed by atoms with E-state index in [1.165, 1.54) is 0 Å². The molecule has 0 aliphatic carbocycles. The third-order valence-corrected chi connectivity index (χ3v) is 10.2. The maximum absolute atomic E-state index is 14.1. The number of carbonyl (C=O) groups is 2. The Morgan fingerprint density at radius 2 is 1.10 bits per heavy atom. The monoisotopic (exact) mass is 722 g/mol. The number of carbonyl (C=O) groups excluding carboxylic acids is 2. The predicted octanol–water partition coefficient (Wildman–Crippen LogP) is 9.87. The van der Waals surface area contributed by atoms with Crippen LogP contribution in [0, 0.1) is 5.92 Å². The first-order chi connectivity index (χ1) is 23.4. The van der Waals surface area contributed by atoms with Gasteiger partial charge in [-0.1, -0.05) is 107 Å². The number of phenols is 2. The Balaban J connectivity index is 1.84. The minimum Gasteiger partial charge on any atom is -0.507 e. The molecule has 2 aromatic carbocycles. The summed E-state index contributed by atoms with van der Waals surface area (Å²) < 4.78 is 12.1. The SMILES string of the molecule is CC1(C)CC(OC(=O)C(CCOC(=O)CCc2cc(C(C)(C)C)c(O)c(C(C)(C)C)c2)Cc2cc(C(C)(C)C)c(O)c(C(C)(C)C)c2)CC(C)(C)N1. The highest BCUT2D eigenvalue weighted by Crippen LogP contribution is 2.42. The lowest BCUT2D eigenvalue weighted by Crippen LogP contribution is -2.59. The average molecular weight is 722 g/mol. The fourth-order valence-corrected chi connectivity index (χ4v) is 7.73. The Morgan fingerprint density at radius 1 is 0.712 bits per heavy atom. The number of esters is 2. The van der Waals surface area contributed by atoms with Gasteiger partial charge in [0.2, 0.25) is 0 Å². The zero-order valence-electron chi connectivity index (χ0n) is 35.4. The lowest BCUT2D eigenvalue weighted by molar-refractivity contribution is -0.160. The van der Waals surface area contributed by atoms with Crippen molar-refractivity contribution in [2.75, 3.05) is 6.61 Å². The topological polar surface area (TPSA) is 105 Å². The summed E-state index contributed by atoms with van der Waals surface area (Å²) in [6.45, 7) is 33.6. The van der Waals surface area contributed by atoms with E-state index in [0.717, 1.165) is 33.4 Å². The summed E-state index contributed by atoms with van der Waals surface area (Å²) in [5, 5.41) is 26.1. The lowest BCUT2D eigenvalue weighted by Gasteiger charge is -2.46. The van der Waals surface area contributed by atoms with Crippen molar-refractivity contribution < 1.29 is 29.3 Å². The van der Waals surface area contributed by atoms with Crippen LogP contribution in [0.4, 0.5) is 0 Å². The van der Waals surface area contributed by atoms with Gasteiger partial charge in [-0.3, -0.25) is 9.59 Å². The van der Waals surface area contributed by atoms with Crippen molar-refractivity contribution in [2.24, 2.45) is 5.92 Å². The van der Waals surface area contributed by atoms with E-state index in [2.05, 4.69) is 116 Å². The zero-order chi connectivity index (χ0) is 39.8. The number of aromatic hydroxyl groups is 2. The summed E-state index contributed by atoms with van der Waals surface area (Å²) in [6, 6.07) is 8.04. The van der Waals surface area contributed by atoms with E-state index in [1.807, 2.05) is 24.3 Å². The zero-order valence-corrected chi connectivity index (χ0v) is 35.4. The van der Waals surface area contributed by atoms with E-state index >= 15 is 0 Å². The number of hydrogen-bond acceptors (Lipinski definition) is 7. The van der Waals surface area contributed by atoms with Gasteiger partial charge in [0.1, 0.15) is 17.6 Å². The number of nitrogens with one attached hydrogen (secondary N) is 1. The number of hydrogen-bond donors (Lipinski definition) is 3. The number of aryl methyl sites for hydroxylation is 1. The molecular weight excluding hydrogens is 650 g/mol. The molecule has 0 saturated carbocycles. The van der Waals surface area contributed by atoms with Crippen LogP contribution in [0.5, 0.6) is 11.5 Å². The van der Waals surface area contributed by atoms with Crippen LogP contribution in [0.2, 0.25) is 0 Å². The highest BCUT2D eigenvalue weighted by atomic mass is 16.5. The van der Waals surface area contributed by atoms with Crippen LogP contribution in [-0.4, -0.2) is 45.9 Å². The normalized spacial score (nSPS) is 17.5. The molecule has 0 spiro atoms. The van der Waals surface area contributed by atoms with Crippen LogP contribution in [0.25, 0.3) is 0 Å². The van der Waals surface area contributed by atoms with Crippen molar-refractivity contribution in [3.05, 3.63) is 57.6 Å². The maximum atomic E-state index is 14.1. The van der Waals surface area contributed by atoms with Gasteiger partial charge in [0.05, 0.1) is 12.5 Å². The van der Waals surface area contributed by atoms with E-state index in [-0.39, 0.29) is 63.8 Å². The Labute approximate surface area is 315 Å². The van der Waals surface area contributed by atoms with Crippen molar-refractivity contribution in [3.63, 3.8) is 0 Å². The molecule has 2 aromatic rings. The average Bonchev–Trinajstić information content (AvgIpc) is 2.92. The number of benzene rings is 2. The van der Waals surface area contributed by atoms with Crippen molar-refractivity contribution in [2.45, 2.75) is 188 Å². The van der Waals surface area contributed by atoms with Crippen LogP contribution in [0.1, 0.15) is 170 Å². The minimum absolute atomic E-state index is 0.0915. The van der Waals surface area contributed by atoms with Gasteiger partial charge in [-0.05, 0) is 102 Å². The second-order valence-electron chi connectivity index (χ2n) is 20.8. The Bertz CT molecular complexity index is 1500. The molecule has 0 amide bonds. The molecule has 0 aromatic heterocycles. The highest BCUT2D eigenvalue weighted by Gasteiger charge is 2.40. The Hall–Kier alpha value is -3.06. The second-order valence-corrected chi connectivity index (χ2v) is 20.8. The van der Waals surface area contributed by atoms with Gasteiger partial charge < -0.3 is 25.0 Å². The van der Waals surface area contributed by atoms with E-state index < -0.39 is 5.92 Å². The van der Waals surface area contributed by atoms with Crippen molar-refractivity contribution in [1.82, 2.24) is 5.32 Å². The molecule has 52 heavy (non-hydrogen) atoms. The molecule has 1 unspecified atom stereocenters. The maximum Gasteiger partial charge on any atom is 0.309 e. The second kappa shape index (κ2) is 15.4. The summed E-state index contributed by atoms with van der Waals surface area (Å²) in [4.78, 5) is 27.2. The molecule has 292 valence electrons. The number of piperidine rings is 1. The van der Waals surface area contributed by atoms with Gasteiger partial charge in [-0.25, -0.2) is 0 Å². The molecule has 0 bridgehead atoms. The van der Waals surface area contributed by atoms with Crippen LogP contribution in [0.3, 0.4) is 0 Å². The van der Waals surface area contributed by atoms with Crippen LogP contribution < -0.4 is 5.32 Å². The van der Waals surface area contributed by atoms with Crippen molar-refractivity contribution in [3.8, 4) is 11.5 Å². The molecule has 7 heteroatoms. The van der Waals surface area contributed by atoms with Gasteiger partial charge in [-0.2, -0.15) is 0 Å². The van der Waals surface area contributed by atoms with Gasteiger partial charge >= 0.3 is 11.9 Å². The molecule has 1 aliphatic heterocycles. The molecule has 7 nitrogen and oxygen atoms in total. The summed E-state index contributed by atoms with van der Waals surface area (Å²) in [5.41, 5.74) is 3.83. The van der Waals surface area contributed by atoms with E-state index in [4.69, 9.17) is 9.47 Å². The minimum atomic E-state index is -0.542. The molecule has 1 saturated heterocycles. The molecule has 1 heterocycles. The summed E-state index contributed by atoms with van der Waals surface area (Å²) >= 11 is 0. The third-order valence-electron chi connectivity index (χ3n) is 10.2. The first-order valence-corrected chi connectivity index (χ1v) is 19.3. The van der Waals surface area contributed by atoms with E-state index in [1.54, 1.807) is 0 Å². The molecule has 0 radical (unpaired) electrons. The van der Waals surface area contributed by atoms with Gasteiger partial charge in [0.25, 0.3) is 0 Å². The largest absolute Gasteiger partial charge is 0.507 e. The summed E-state index contributed by atoms with van der Waals surface area (Å²) in [7, 11) is 0. The van der Waals surface area contributed by atoms with Gasteiger partial charge in [0.15, 0.2) is 0 Å². The molecular formula is C45H71NO6. The highest BCUT2D eigenvalue weighted by molar-refractivity contribution is 5.73. The third kappa shape index (κ3) is 11.7. The van der Waals surface area contributed by atoms with Crippen molar-refractivity contribution >= 4 is 11.9 Å². The summed E-state index contributed by atoms with van der Waals surface area (Å²) in [5.74, 6) is -0.537. The first-order valence-electron chi connectivity index (χ1n) is 19.3. The summed E-state index contributed by atoms with van der Waals surface area (Å²) in [6.07, 6.45) is 2.57. The molecule has 1 atom stereocenters. The van der Waals surface area contributed by atoms with Gasteiger partial charge in [-0.15, -0.1) is 0 Å². The van der Waals surface area contributed by atoms with Crippen LogP contribution in [-0.2, 0) is 53.6 Å². The fraction of sp³-hybridized carbons (Fsp3) is 0.689. The predicted molar refractivity (Wildman–Crippen MR) is 213 cm³/mol. The van der Waals surface area contributed by atoms with Crippen LogP contribution >= 0.6 is 0 Å². The standard InChI is InChI=1S/C45H71NO6/c1-40(2,3)32-22-28(23-33(37(32)48)41(4,5)6)17-18-36(47)51-20-19-30(39(50)52-31-26-44(13,14)46-45(15,16)27-31)21-29-24-34(42(7,8)9)38(49)35(25-29)43(10,11)12/h22-25,30-31,46,48-49H,17-21,26-27H2,1-16H3. The lowest BCUT2D eigenvalue weighted by atomic mass is 9.77. The molecule has 3 N–H and O–H groups in total. The smallest absolute Gasteiger partial charge is 0.309 e. The van der Waals surface area contributed by atoms with Crippen LogP contribution in [0.15, 0.2) is 24.3 Å². The molecule has 1 fully saturated rings. The fourth-order valence-electron chi connectivity index (χ4n) is 7.73. The van der Waals surface area contributed by atoms with E-state index in [9.17, 15) is 19.8 Å². The molecule has 3 rings (SSSR count). The van der Waals surface area contributed by atoms with E-state index in [0.29, 0.717) is 43.6 Å². The number of ether oxygens (including phenoxy) is 2. The van der Waals surface area contributed by atoms with Crippen molar-refractivity contribution in [1.29, 1.82) is 0 Å². The molecule has 1 aliphatic rings. The number of phenolic OH excluding ortho intramolecular Hbond substituents is 2. The van der Waals surface area contributed by atoms with Gasteiger partial charge in [0, 0.05) is 30.3 Å². The first kappa shape index (κ1) is 43.3. The quantitative estimate of drug-likeness (QED) is 0.210. The number of rotatable bonds is 10. The Kier molecular flexibility index (Phi) is 12.8. The Morgan fingerprint density at radius 3 is 1.48 bits per heavy atom.